The van der Waals surface area contributed by atoms with E-state index in [2.05, 4.69) is 0 Å². The summed E-state index contributed by atoms with van der Waals surface area (Å²) in [6.07, 6.45) is 1.65. The maximum atomic E-state index is 7.97. The molecule has 0 spiro atoms. The molecule has 0 saturated heterocycles. The van der Waals surface area contributed by atoms with Crippen LogP contribution in [-0.2, 0) is 22.2 Å². The van der Waals surface area contributed by atoms with Crippen LogP contribution in [0, 0.1) is 4.78 Å². The molecule has 1 atom stereocenters. The topological polar surface area (TPSA) is 37.0 Å². The average molecular weight is 254 g/mol. The lowest BCUT2D eigenvalue weighted by atomic mass is 10.2. The molecule has 1 N–H and O–H groups in total. The lowest BCUT2D eigenvalue weighted by Crippen LogP contribution is -1.96. The summed E-state index contributed by atoms with van der Waals surface area (Å²) in [5, 5.41) is 0.736. The van der Waals surface area contributed by atoms with Gasteiger partial charge in [0.05, 0.1) is 12.0 Å². The largest absolute Gasteiger partial charge is 0.468 e. The summed E-state index contributed by atoms with van der Waals surface area (Å²) in [7, 11) is -0.444. The van der Waals surface area contributed by atoms with Crippen LogP contribution in [0.25, 0.3) is 0 Å². The first kappa shape index (κ1) is 11.4. The van der Waals surface area contributed by atoms with Gasteiger partial charge in [-0.15, -0.1) is 0 Å². The van der Waals surface area contributed by atoms with Gasteiger partial charge in [0.1, 0.15) is 5.76 Å². The second-order valence-corrected chi connectivity index (χ2v) is 5.49. The highest BCUT2D eigenvalue weighted by Gasteiger charge is 2.02. The van der Waals surface area contributed by atoms with E-state index in [4.69, 9.17) is 20.8 Å². The number of hydrogen-bond donors (Lipinski definition) is 1. The summed E-state index contributed by atoms with van der Waals surface area (Å²) in [6, 6.07) is 11.4. The van der Waals surface area contributed by atoms with E-state index >= 15 is 0 Å². The van der Waals surface area contributed by atoms with Crippen molar-refractivity contribution in [2.75, 3.05) is 0 Å². The SMILES string of the molecule is N=S(Cc1ccc(Cl)cc1)Cc1ccco1. The Morgan fingerprint density at radius 3 is 2.50 bits per heavy atom. The number of furan rings is 1. The molecule has 0 aliphatic rings. The van der Waals surface area contributed by atoms with Gasteiger partial charge in [0.15, 0.2) is 0 Å². The highest BCUT2D eigenvalue weighted by molar-refractivity contribution is 7.84. The van der Waals surface area contributed by atoms with Gasteiger partial charge in [0.2, 0.25) is 0 Å². The van der Waals surface area contributed by atoms with Crippen molar-refractivity contribution in [3.8, 4) is 0 Å². The quantitative estimate of drug-likeness (QED) is 0.878. The Labute approximate surface area is 102 Å². The van der Waals surface area contributed by atoms with Crippen LogP contribution in [0.3, 0.4) is 0 Å². The summed E-state index contributed by atoms with van der Waals surface area (Å²) in [5.74, 6) is 2.31. The molecule has 1 aromatic carbocycles. The number of hydrogen-bond acceptors (Lipinski definition) is 2. The molecule has 2 rings (SSSR count). The monoisotopic (exact) mass is 253 g/mol. The zero-order chi connectivity index (χ0) is 11.4. The van der Waals surface area contributed by atoms with Gasteiger partial charge in [0.25, 0.3) is 0 Å². The average Bonchev–Trinajstić information content (AvgIpc) is 2.74. The van der Waals surface area contributed by atoms with Crippen molar-refractivity contribution in [1.82, 2.24) is 0 Å². The summed E-state index contributed by atoms with van der Waals surface area (Å²) >= 11 is 5.80. The number of benzene rings is 1. The summed E-state index contributed by atoms with van der Waals surface area (Å²) in [4.78, 5) is 0. The van der Waals surface area contributed by atoms with E-state index in [-0.39, 0.29) is 0 Å². The Balaban J connectivity index is 1.95. The van der Waals surface area contributed by atoms with Crippen LogP contribution in [0.2, 0.25) is 5.02 Å². The second kappa shape index (κ2) is 5.32. The number of halogens is 1. The van der Waals surface area contributed by atoms with Gasteiger partial charge in [-0.3, -0.25) is 4.78 Å². The Morgan fingerprint density at radius 2 is 1.88 bits per heavy atom. The molecule has 0 amide bonds. The smallest absolute Gasteiger partial charge is 0.114 e. The molecule has 4 heteroatoms. The maximum Gasteiger partial charge on any atom is 0.114 e. The van der Waals surface area contributed by atoms with Crippen molar-refractivity contribution in [2.45, 2.75) is 11.5 Å². The summed E-state index contributed by atoms with van der Waals surface area (Å²) in [6.45, 7) is 0. The van der Waals surface area contributed by atoms with Gasteiger partial charge in [0, 0.05) is 10.8 Å². The molecule has 1 heterocycles. The molecule has 0 bridgehead atoms. The summed E-state index contributed by atoms with van der Waals surface area (Å²) in [5.41, 5.74) is 1.15. The number of nitrogens with one attached hydrogen (secondary N) is 1. The molecule has 0 aliphatic heterocycles. The highest BCUT2D eigenvalue weighted by atomic mass is 35.5. The van der Waals surface area contributed by atoms with E-state index in [9.17, 15) is 0 Å². The third-order valence-electron chi connectivity index (χ3n) is 2.15. The minimum atomic E-state index is -0.444. The van der Waals surface area contributed by atoms with Crippen LogP contribution < -0.4 is 0 Å². The van der Waals surface area contributed by atoms with Crippen molar-refractivity contribution >= 4 is 22.3 Å². The third-order valence-corrected chi connectivity index (χ3v) is 3.72. The molecule has 2 aromatic rings. The molecular formula is C12H12ClNOS. The van der Waals surface area contributed by atoms with Crippen LogP contribution in [0.1, 0.15) is 11.3 Å². The Bertz CT molecular complexity index is 464. The number of rotatable bonds is 4. The van der Waals surface area contributed by atoms with Crippen LogP contribution in [0.15, 0.2) is 47.1 Å². The second-order valence-electron chi connectivity index (χ2n) is 3.49. The van der Waals surface area contributed by atoms with E-state index in [1.165, 1.54) is 0 Å². The maximum absolute atomic E-state index is 7.97. The van der Waals surface area contributed by atoms with Crippen molar-refractivity contribution in [2.24, 2.45) is 0 Å². The third kappa shape index (κ3) is 3.22. The first-order valence-corrected chi connectivity index (χ1v) is 6.84. The lowest BCUT2D eigenvalue weighted by Gasteiger charge is -2.04. The Kier molecular flexibility index (Phi) is 3.80. The van der Waals surface area contributed by atoms with E-state index in [0.29, 0.717) is 5.75 Å². The minimum Gasteiger partial charge on any atom is -0.468 e. The zero-order valence-corrected chi connectivity index (χ0v) is 10.2. The molecule has 84 valence electrons. The zero-order valence-electron chi connectivity index (χ0n) is 8.65. The Morgan fingerprint density at radius 1 is 1.12 bits per heavy atom. The van der Waals surface area contributed by atoms with Gasteiger partial charge in [-0.25, -0.2) is 0 Å². The normalized spacial score (nSPS) is 12.6. The van der Waals surface area contributed by atoms with Crippen LogP contribution in [0.4, 0.5) is 0 Å². The minimum absolute atomic E-state index is 0.444. The van der Waals surface area contributed by atoms with Gasteiger partial charge in [-0.1, -0.05) is 34.4 Å². The van der Waals surface area contributed by atoms with Crippen molar-refractivity contribution in [3.63, 3.8) is 0 Å². The van der Waals surface area contributed by atoms with Gasteiger partial charge in [-0.2, -0.15) is 0 Å². The fourth-order valence-electron chi connectivity index (χ4n) is 1.40. The molecule has 16 heavy (non-hydrogen) atoms. The molecule has 0 saturated carbocycles. The molecule has 0 aliphatic carbocycles. The molecule has 0 fully saturated rings. The molecule has 1 aromatic heterocycles. The van der Waals surface area contributed by atoms with E-state index < -0.39 is 10.7 Å². The van der Waals surface area contributed by atoms with E-state index in [1.54, 1.807) is 6.26 Å². The predicted molar refractivity (Wildman–Crippen MR) is 67.7 cm³/mol. The fourth-order valence-corrected chi connectivity index (χ4v) is 2.73. The molecular weight excluding hydrogens is 242 g/mol. The van der Waals surface area contributed by atoms with Gasteiger partial charge >= 0.3 is 0 Å². The van der Waals surface area contributed by atoms with Crippen LogP contribution in [0.5, 0.6) is 0 Å². The summed E-state index contributed by atoms with van der Waals surface area (Å²) < 4.78 is 13.2. The first-order valence-electron chi connectivity index (χ1n) is 4.89. The Hall–Kier alpha value is -1.06. The van der Waals surface area contributed by atoms with Crippen molar-refractivity contribution in [3.05, 3.63) is 59.0 Å². The molecule has 0 radical (unpaired) electrons. The van der Waals surface area contributed by atoms with Crippen LogP contribution >= 0.6 is 11.6 Å². The van der Waals surface area contributed by atoms with Crippen molar-refractivity contribution in [1.29, 1.82) is 4.78 Å². The van der Waals surface area contributed by atoms with Crippen LogP contribution in [-0.4, -0.2) is 0 Å². The van der Waals surface area contributed by atoms with Crippen molar-refractivity contribution < 1.29 is 4.42 Å². The standard InChI is InChI=1S/C12H12ClNOS/c13-11-5-3-10(4-6-11)8-16(14)9-12-2-1-7-15-12/h1-7,14H,8-9H2. The van der Waals surface area contributed by atoms with E-state index in [0.717, 1.165) is 22.1 Å². The van der Waals surface area contributed by atoms with Gasteiger partial charge < -0.3 is 4.42 Å². The van der Waals surface area contributed by atoms with Gasteiger partial charge in [-0.05, 0) is 29.8 Å². The first-order chi connectivity index (χ1) is 7.74. The predicted octanol–water partition coefficient (Wildman–Crippen LogP) is 4.01. The molecule has 2 nitrogen and oxygen atoms in total. The fraction of sp³-hybridized carbons (Fsp3) is 0.167. The lowest BCUT2D eigenvalue weighted by molar-refractivity contribution is 0.530. The molecule has 1 unspecified atom stereocenters. The van der Waals surface area contributed by atoms with E-state index in [1.807, 2.05) is 36.4 Å². The highest BCUT2D eigenvalue weighted by Crippen LogP contribution is 2.13.